The van der Waals surface area contributed by atoms with Gasteiger partial charge in [-0.05, 0) is 6.92 Å². The molecule has 0 saturated carbocycles. The lowest BCUT2D eigenvalue weighted by Crippen LogP contribution is -2.19. The third kappa shape index (κ3) is 3.28. The van der Waals surface area contributed by atoms with Crippen molar-refractivity contribution in [2.45, 2.75) is 6.92 Å². The Balaban J connectivity index is 3.79. The maximum Gasteiger partial charge on any atom is 0.340 e. The molecule has 0 aromatic heterocycles. The molecule has 4 nitrogen and oxygen atoms in total. The first-order chi connectivity index (χ1) is 4.04. The van der Waals surface area contributed by atoms with Crippen molar-refractivity contribution in [2.24, 2.45) is 5.73 Å². The number of hydrogen-bond donors (Lipinski definition) is 2. The van der Waals surface area contributed by atoms with Crippen LogP contribution in [0.1, 0.15) is 6.92 Å². The van der Waals surface area contributed by atoms with Gasteiger partial charge in [-0.15, -0.1) is 0 Å². The van der Waals surface area contributed by atoms with E-state index in [4.69, 9.17) is 11.1 Å². The zero-order valence-corrected chi connectivity index (χ0v) is 5.10. The second kappa shape index (κ2) is 2.86. The SMILES string of the molecule is C=C(C)C(=O)OC(=N)N. The molecule has 0 radical (unpaired) electrons. The van der Waals surface area contributed by atoms with Crippen LogP contribution in [-0.2, 0) is 9.53 Å². The van der Waals surface area contributed by atoms with E-state index in [1.165, 1.54) is 6.92 Å². The van der Waals surface area contributed by atoms with Gasteiger partial charge in [0.25, 0.3) is 6.02 Å². The topological polar surface area (TPSA) is 76.2 Å². The molecule has 0 atom stereocenters. The fourth-order valence-corrected chi connectivity index (χ4v) is 0.187. The van der Waals surface area contributed by atoms with Gasteiger partial charge in [0.2, 0.25) is 0 Å². The Hall–Kier alpha value is -1.32. The normalized spacial score (nSPS) is 8.11. The molecule has 0 bridgehead atoms. The van der Waals surface area contributed by atoms with Crippen molar-refractivity contribution in [3.05, 3.63) is 12.2 Å². The molecule has 3 N–H and O–H groups in total. The van der Waals surface area contributed by atoms with Crippen LogP contribution in [0.4, 0.5) is 0 Å². The molecule has 0 spiro atoms. The van der Waals surface area contributed by atoms with Crippen molar-refractivity contribution in [2.75, 3.05) is 0 Å². The molecule has 0 aliphatic rings. The van der Waals surface area contributed by atoms with Crippen molar-refractivity contribution in [1.29, 1.82) is 5.41 Å². The molecular formula is C5H8N2O2. The van der Waals surface area contributed by atoms with Gasteiger partial charge in [-0.3, -0.25) is 5.41 Å². The molecule has 0 amide bonds. The summed E-state index contributed by atoms with van der Waals surface area (Å²) in [5.41, 5.74) is 4.96. The smallest absolute Gasteiger partial charge is 0.340 e. The van der Waals surface area contributed by atoms with E-state index in [9.17, 15) is 4.79 Å². The number of nitrogens with two attached hydrogens (primary N) is 1. The van der Waals surface area contributed by atoms with E-state index < -0.39 is 12.0 Å². The minimum Gasteiger partial charge on any atom is -0.390 e. The van der Waals surface area contributed by atoms with Crippen LogP contribution < -0.4 is 5.73 Å². The number of hydrogen-bond acceptors (Lipinski definition) is 3. The number of carbonyl (C=O) groups is 1. The Bertz CT molecular complexity index is 162. The number of rotatable bonds is 1. The molecule has 0 aliphatic carbocycles. The van der Waals surface area contributed by atoms with Crippen LogP contribution in [0, 0.1) is 5.41 Å². The molecule has 0 fully saturated rings. The zero-order valence-electron chi connectivity index (χ0n) is 5.10. The lowest BCUT2D eigenvalue weighted by Gasteiger charge is -1.97. The summed E-state index contributed by atoms with van der Waals surface area (Å²) in [6, 6.07) is -0.608. The molecule has 0 aromatic rings. The molecule has 0 aromatic carbocycles. The van der Waals surface area contributed by atoms with E-state index in [0.29, 0.717) is 0 Å². The molecule has 0 rings (SSSR count). The Morgan fingerprint density at radius 1 is 1.78 bits per heavy atom. The average molecular weight is 128 g/mol. The zero-order chi connectivity index (χ0) is 7.44. The predicted molar refractivity (Wildman–Crippen MR) is 32.8 cm³/mol. The van der Waals surface area contributed by atoms with Gasteiger partial charge in [0, 0.05) is 5.57 Å². The van der Waals surface area contributed by atoms with Crippen LogP contribution in [0.15, 0.2) is 12.2 Å². The van der Waals surface area contributed by atoms with E-state index in [-0.39, 0.29) is 5.57 Å². The highest BCUT2D eigenvalue weighted by Crippen LogP contribution is 1.89. The lowest BCUT2D eigenvalue weighted by molar-refractivity contribution is -0.131. The molecule has 50 valence electrons. The number of ether oxygens (including phenoxy) is 1. The minimum atomic E-state index is -0.664. The summed E-state index contributed by atoms with van der Waals surface area (Å²) in [5, 5.41) is 6.51. The summed E-state index contributed by atoms with van der Waals surface area (Å²) in [6.07, 6.45) is 0. The van der Waals surface area contributed by atoms with Crippen LogP contribution in [0.2, 0.25) is 0 Å². The van der Waals surface area contributed by atoms with Crippen LogP contribution in [-0.4, -0.2) is 12.0 Å². The lowest BCUT2D eigenvalue weighted by atomic mass is 10.4. The van der Waals surface area contributed by atoms with Crippen molar-refractivity contribution in [3.8, 4) is 0 Å². The van der Waals surface area contributed by atoms with Crippen LogP contribution in [0.5, 0.6) is 0 Å². The number of carbonyl (C=O) groups excluding carboxylic acids is 1. The molecular weight excluding hydrogens is 120 g/mol. The molecule has 0 heterocycles. The van der Waals surface area contributed by atoms with Crippen molar-refractivity contribution in [3.63, 3.8) is 0 Å². The molecule has 4 heteroatoms. The largest absolute Gasteiger partial charge is 0.390 e. The van der Waals surface area contributed by atoms with Gasteiger partial charge in [0.15, 0.2) is 0 Å². The van der Waals surface area contributed by atoms with Gasteiger partial charge < -0.3 is 10.5 Å². The van der Waals surface area contributed by atoms with Gasteiger partial charge in [-0.1, -0.05) is 6.58 Å². The molecule has 0 unspecified atom stereocenters. The fraction of sp³-hybridized carbons (Fsp3) is 0.200. The quantitative estimate of drug-likeness (QED) is 0.226. The van der Waals surface area contributed by atoms with E-state index in [0.717, 1.165) is 0 Å². The third-order valence-electron chi connectivity index (χ3n) is 0.551. The first-order valence-corrected chi connectivity index (χ1v) is 2.25. The first kappa shape index (κ1) is 7.68. The molecule has 0 saturated heterocycles. The van der Waals surface area contributed by atoms with Gasteiger partial charge in [0.05, 0.1) is 0 Å². The maximum absolute atomic E-state index is 10.4. The predicted octanol–water partition coefficient (Wildman–Crippen LogP) is -0.000830. The highest BCUT2D eigenvalue weighted by Gasteiger charge is 2.02. The number of esters is 1. The fourth-order valence-electron chi connectivity index (χ4n) is 0.187. The Morgan fingerprint density at radius 3 is 2.33 bits per heavy atom. The Morgan fingerprint density at radius 2 is 2.22 bits per heavy atom. The highest BCUT2D eigenvalue weighted by molar-refractivity contribution is 5.94. The van der Waals surface area contributed by atoms with Crippen LogP contribution in [0.3, 0.4) is 0 Å². The summed E-state index contributed by atoms with van der Waals surface area (Å²) in [5.74, 6) is -0.664. The summed E-state index contributed by atoms with van der Waals surface area (Å²) in [6.45, 7) is 4.76. The van der Waals surface area contributed by atoms with Gasteiger partial charge in [0.1, 0.15) is 0 Å². The van der Waals surface area contributed by atoms with E-state index in [1.807, 2.05) is 0 Å². The van der Waals surface area contributed by atoms with Gasteiger partial charge in [-0.25, -0.2) is 4.79 Å². The van der Waals surface area contributed by atoms with E-state index >= 15 is 0 Å². The standard InChI is InChI=1S/C5H8N2O2/c1-3(2)4(8)9-5(6)7/h1H2,2H3,(H3,6,7). The van der Waals surface area contributed by atoms with E-state index in [1.54, 1.807) is 0 Å². The van der Waals surface area contributed by atoms with Crippen LogP contribution >= 0.6 is 0 Å². The Labute approximate surface area is 52.8 Å². The first-order valence-electron chi connectivity index (χ1n) is 2.25. The van der Waals surface area contributed by atoms with E-state index in [2.05, 4.69) is 11.3 Å². The summed E-state index contributed by atoms with van der Waals surface area (Å²) in [4.78, 5) is 10.4. The van der Waals surface area contributed by atoms with Gasteiger partial charge in [-0.2, -0.15) is 0 Å². The monoisotopic (exact) mass is 128 g/mol. The van der Waals surface area contributed by atoms with Gasteiger partial charge >= 0.3 is 5.97 Å². The Kier molecular flexibility index (Phi) is 2.44. The van der Waals surface area contributed by atoms with Crippen LogP contribution in [0.25, 0.3) is 0 Å². The number of nitrogens with one attached hydrogen (secondary N) is 1. The summed E-state index contributed by atoms with van der Waals surface area (Å²) < 4.78 is 4.13. The molecule has 9 heavy (non-hydrogen) atoms. The average Bonchev–Trinajstić information content (AvgIpc) is 1.63. The minimum absolute atomic E-state index is 0.227. The number of amidine groups is 1. The third-order valence-corrected chi connectivity index (χ3v) is 0.551. The summed E-state index contributed by atoms with van der Waals surface area (Å²) in [7, 11) is 0. The second-order valence-corrected chi connectivity index (χ2v) is 1.53. The maximum atomic E-state index is 10.4. The van der Waals surface area contributed by atoms with Crippen molar-refractivity contribution in [1.82, 2.24) is 0 Å². The van der Waals surface area contributed by atoms with Crippen molar-refractivity contribution < 1.29 is 9.53 Å². The van der Waals surface area contributed by atoms with Crippen molar-refractivity contribution >= 4 is 12.0 Å². The second-order valence-electron chi connectivity index (χ2n) is 1.53. The molecule has 0 aliphatic heterocycles. The highest BCUT2D eigenvalue weighted by atomic mass is 16.5. The summed E-state index contributed by atoms with van der Waals surface area (Å²) >= 11 is 0.